The molecule has 1 rings (SSSR count). The average Bonchev–Trinajstić information content (AvgIpc) is 2.10. The Kier molecular flexibility index (Phi) is 3.19. The number of carboxylic acid groups (broad SMARTS) is 1. The largest absolute Gasteiger partial charge is 0.496 e. The van der Waals surface area contributed by atoms with Gasteiger partial charge in [0.25, 0.3) is 0 Å². The molecule has 1 aromatic carbocycles. The summed E-state index contributed by atoms with van der Waals surface area (Å²) in [6.07, 6.45) is -0.136. The topological polar surface area (TPSA) is 72.5 Å². The van der Waals surface area contributed by atoms with Crippen molar-refractivity contribution in [2.45, 2.75) is 6.42 Å². The Bertz CT molecular complexity index is 365. The molecule has 0 aliphatic heterocycles. The van der Waals surface area contributed by atoms with Gasteiger partial charge in [-0.15, -0.1) is 0 Å². The number of methoxy groups -OCH3 is 1. The lowest BCUT2D eigenvalue weighted by Crippen LogP contribution is -2.03. The minimum absolute atomic E-state index is 0.136. The molecule has 0 saturated heterocycles. The average molecular weight is 216 g/mol. The van der Waals surface area contributed by atoms with E-state index in [9.17, 15) is 4.79 Å². The number of hydrogen-bond acceptors (Lipinski definition) is 3. The van der Waals surface area contributed by atoms with Crippen molar-refractivity contribution in [2.24, 2.45) is 0 Å². The predicted octanol–water partition coefficient (Wildman–Crippen LogP) is 1.56. The maximum atomic E-state index is 10.5. The number of benzene rings is 1. The summed E-state index contributed by atoms with van der Waals surface area (Å²) in [5, 5.41) is 8.95. The smallest absolute Gasteiger partial charge is 0.307 e. The summed E-state index contributed by atoms with van der Waals surface area (Å²) in [5.74, 6) is -0.501. The number of anilines is 1. The normalized spacial score (nSPS) is 9.86. The molecule has 0 aliphatic carbocycles. The van der Waals surface area contributed by atoms with E-state index in [4.69, 9.17) is 27.2 Å². The second kappa shape index (κ2) is 4.19. The second-order valence-corrected chi connectivity index (χ2v) is 3.16. The van der Waals surface area contributed by atoms with Crippen LogP contribution in [0.3, 0.4) is 0 Å². The molecule has 5 heteroatoms. The van der Waals surface area contributed by atoms with Gasteiger partial charge in [0.1, 0.15) is 5.75 Å². The van der Waals surface area contributed by atoms with Crippen LogP contribution in [0.15, 0.2) is 12.1 Å². The molecular formula is C9H10ClNO3. The molecule has 14 heavy (non-hydrogen) atoms. The van der Waals surface area contributed by atoms with Crippen LogP contribution < -0.4 is 10.5 Å². The lowest BCUT2D eigenvalue weighted by Gasteiger charge is -2.08. The number of ether oxygens (including phenoxy) is 1. The van der Waals surface area contributed by atoms with Crippen molar-refractivity contribution < 1.29 is 14.6 Å². The molecule has 76 valence electrons. The molecular weight excluding hydrogens is 206 g/mol. The molecule has 0 radical (unpaired) electrons. The fraction of sp³-hybridized carbons (Fsp3) is 0.222. The van der Waals surface area contributed by atoms with Gasteiger partial charge in [-0.1, -0.05) is 11.6 Å². The first kappa shape index (κ1) is 10.7. The van der Waals surface area contributed by atoms with E-state index in [2.05, 4.69) is 0 Å². The van der Waals surface area contributed by atoms with Gasteiger partial charge in [0, 0.05) is 11.6 Å². The van der Waals surface area contributed by atoms with Gasteiger partial charge < -0.3 is 15.6 Å². The lowest BCUT2D eigenvalue weighted by atomic mass is 10.1. The number of aliphatic carboxylic acids is 1. The van der Waals surface area contributed by atoms with E-state index in [1.54, 1.807) is 0 Å². The highest BCUT2D eigenvalue weighted by molar-refractivity contribution is 6.33. The summed E-state index contributed by atoms with van der Waals surface area (Å²) in [4.78, 5) is 10.5. The van der Waals surface area contributed by atoms with Crippen molar-refractivity contribution in [1.29, 1.82) is 0 Å². The van der Waals surface area contributed by atoms with Crippen LogP contribution in [-0.4, -0.2) is 18.2 Å². The zero-order chi connectivity index (χ0) is 10.7. The SMILES string of the molecule is COc1cc(N)c(Cl)cc1CC(=O)O. The zero-order valence-electron chi connectivity index (χ0n) is 7.58. The first-order valence-corrected chi connectivity index (χ1v) is 4.26. The Balaban J connectivity index is 3.13. The quantitative estimate of drug-likeness (QED) is 0.751. The molecule has 0 atom stereocenters. The van der Waals surface area contributed by atoms with Crippen molar-refractivity contribution in [3.05, 3.63) is 22.7 Å². The summed E-state index contributed by atoms with van der Waals surface area (Å²) < 4.78 is 4.98. The first-order chi connectivity index (χ1) is 6.54. The van der Waals surface area contributed by atoms with Crippen LogP contribution in [0.25, 0.3) is 0 Å². The van der Waals surface area contributed by atoms with Gasteiger partial charge in [-0.05, 0) is 6.07 Å². The van der Waals surface area contributed by atoms with Crippen molar-refractivity contribution in [2.75, 3.05) is 12.8 Å². The highest BCUT2D eigenvalue weighted by Gasteiger charge is 2.10. The van der Waals surface area contributed by atoms with Crippen LogP contribution in [0.2, 0.25) is 5.02 Å². The monoisotopic (exact) mass is 215 g/mol. The van der Waals surface area contributed by atoms with Gasteiger partial charge in [-0.2, -0.15) is 0 Å². The van der Waals surface area contributed by atoms with E-state index >= 15 is 0 Å². The summed E-state index contributed by atoms with van der Waals surface area (Å²) in [7, 11) is 1.45. The Morgan fingerprint density at radius 2 is 2.29 bits per heavy atom. The van der Waals surface area contributed by atoms with E-state index in [0.717, 1.165) is 0 Å². The van der Waals surface area contributed by atoms with Crippen LogP contribution in [0.4, 0.5) is 5.69 Å². The van der Waals surface area contributed by atoms with Gasteiger partial charge in [0.2, 0.25) is 0 Å². The molecule has 0 saturated carbocycles. The lowest BCUT2D eigenvalue weighted by molar-refractivity contribution is -0.136. The molecule has 3 N–H and O–H groups in total. The Morgan fingerprint density at radius 3 is 2.79 bits per heavy atom. The van der Waals surface area contributed by atoms with Crippen molar-refractivity contribution in [3.8, 4) is 5.75 Å². The Hall–Kier alpha value is -1.42. The van der Waals surface area contributed by atoms with Crippen LogP contribution >= 0.6 is 11.6 Å². The highest BCUT2D eigenvalue weighted by Crippen LogP contribution is 2.28. The summed E-state index contributed by atoms with van der Waals surface area (Å²) in [6, 6.07) is 3.02. The number of halogens is 1. The van der Waals surface area contributed by atoms with E-state index < -0.39 is 5.97 Å². The van der Waals surface area contributed by atoms with E-state index in [-0.39, 0.29) is 6.42 Å². The maximum absolute atomic E-state index is 10.5. The van der Waals surface area contributed by atoms with Gasteiger partial charge in [-0.25, -0.2) is 0 Å². The van der Waals surface area contributed by atoms with Gasteiger partial charge in [0.05, 0.1) is 24.2 Å². The molecule has 0 aliphatic rings. The number of carboxylic acids is 1. The molecule has 0 amide bonds. The van der Waals surface area contributed by atoms with Gasteiger partial charge >= 0.3 is 5.97 Å². The van der Waals surface area contributed by atoms with Crippen LogP contribution in [0.5, 0.6) is 5.75 Å². The number of carbonyl (C=O) groups is 1. The summed E-state index contributed by atoms with van der Waals surface area (Å²) in [6.45, 7) is 0. The Labute approximate surface area is 86.2 Å². The fourth-order valence-electron chi connectivity index (χ4n) is 1.10. The van der Waals surface area contributed by atoms with Crippen LogP contribution in [-0.2, 0) is 11.2 Å². The van der Waals surface area contributed by atoms with E-state index in [0.29, 0.717) is 22.0 Å². The third-order valence-corrected chi connectivity index (χ3v) is 2.07. The fourth-order valence-corrected chi connectivity index (χ4v) is 1.29. The minimum atomic E-state index is -0.941. The molecule has 0 bridgehead atoms. The second-order valence-electron chi connectivity index (χ2n) is 2.76. The van der Waals surface area contributed by atoms with E-state index in [1.165, 1.54) is 19.2 Å². The standard InChI is InChI=1S/C9H10ClNO3/c1-14-8-4-7(11)6(10)2-5(8)3-9(12)13/h2,4H,3,11H2,1H3,(H,12,13). The first-order valence-electron chi connectivity index (χ1n) is 3.88. The summed E-state index contributed by atoms with van der Waals surface area (Å²) in [5.41, 5.74) is 6.42. The van der Waals surface area contributed by atoms with Crippen LogP contribution in [0.1, 0.15) is 5.56 Å². The minimum Gasteiger partial charge on any atom is -0.496 e. The molecule has 0 spiro atoms. The van der Waals surface area contributed by atoms with Crippen molar-refractivity contribution >= 4 is 23.3 Å². The van der Waals surface area contributed by atoms with Gasteiger partial charge in [-0.3, -0.25) is 4.79 Å². The van der Waals surface area contributed by atoms with Gasteiger partial charge in [0.15, 0.2) is 0 Å². The molecule has 4 nitrogen and oxygen atoms in total. The maximum Gasteiger partial charge on any atom is 0.307 e. The third-order valence-electron chi connectivity index (χ3n) is 1.74. The zero-order valence-corrected chi connectivity index (χ0v) is 8.34. The molecule has 1 aromatic rings. The Morgan fingerprint density at radius 1 is 1.64 bits per heavy atom. The number of rotatable bonds is 3. The number of nitrogens with two attached hydrogens (primary N) is 1. The number of hydrogen-bond donors (Lipinski definition) is 2. The molecule has 0 aromatic heterocycles. The number of nitrogen functional groups attached to an aromatic ring is 1. The van der Waals surface area contributed by atoms with Crippen molar-refractivity contribution in [3.63, 3.8) is 0 Å². The summed E-state index contributed by atoms with van der Waals surface area (Å²) >= 11 is 5.75. The molecule has 0 heterocycles. The molecule has 0 fully saturated rings. The van der Waals surface area contributed by atoms with E-state index in [1.807, 2.05) is 0 Å². The molecule has 0 unspecified atom stereocenters. The van der Waals surface area contributed by atoms with Crippen molar-refractivity contribution in [1.82, 2.24) is 0 Å². The highest BCUT2D eigenvalue weighted by atomic mass is 35.5. The third kappa shape index (κ3) is 2.29. The van der Waals surface area contributed by atoms with Crippen LogP contribution in [0, 0.1) is 0 Å². The predicted molar refractivity (Wildman–Crippen MR) is 53.8 cm³/mol.